The highest BCUT2D eigenvalue weighted by Gasteiger charge is 2.53. The minimum absolute atomic E-state index is 0.0686. The van der Waals surface area contributed by atoms with Crippen LogP contribution in [-0.4, -0.2) is 42.2 Å². The van der Waals surface area contributed by atoms with Crippen LogP contribution in [0, 0.1) is 23.7 Å². The van der Waals surface area contributed by atoms with Gasteiger partial charge in [-0.1, -0.05) is 12.5 Å². The van der Waals surface area contributed by atoms with Gasteiger partial charge in [0, 0.05) is 42.5 Å². The van der Waals surface area contributed by atoms with Crippen LogP contribution in [0.3, 0.4) is 0 Å². The van der Waals surface area contributed by atoms with Crippen LogP contribution in [0.5, 0.6) is 0 Å². The van der Waals surface area contributed by atoms with Gasteiger partial charge in [0.25, 0.3) is 0 Å². The lowest BCUT2D eigenvalue weighted by molar-refractivity contribution is -0.132. The number of pyridine rings is 1. The summed E-state index contributed by atoms with van der Waals surface area (Å²) in [7, 11) is 0. The molecule has 7 nitrogen and oxygen atoms in total. The Morgan fingerprint density at radius 3 is 2.93 bits per heavy atom. The number of amides is 1. The van der Waals surface area contributed by atoms with E-state index < -0.39 is 0 Å². The lowest BCUT2D eigenvalue weighted by Crippen LogP contribution is -2.67. The van der Waals surface area contributed by atoms with Crippen LogP contribution in [0.2, 0.25) is 0 Å². The van der Waals surface area contributed by atoms with Crippen molar-refractivity contribution in [3.63, 3.8) is 0 Å². The Balaban J connectivity index is 1.49. The summed E-state index contributed by atoms with van der Waals surface area (Å²) in [6, 6.07) is 6.61. The van der Waals surface area contributed by atoms with Gasteiger partial charge >= 0.3 is 0 Å². The zero-order chi connectivity index (χ0) is 18.4. The van der Waals surface area contributed by atoms with Gasteiger partial charge in [0.05, 0.1) is 12.6 Å². The number of carbonyl (C=O) groups is 1. The highest BCUT2D eigenvalue weighted by Crippen LogP contribution is 2.47. The van der Waals surface area contributed by atoms with Gasteiger partial charge in [0.1, 0.15) is 0 Å². The molecule has 0 radical (unpaired) electrons. The normalized spacial score (nSPS) is 44.3. The van der Waals surface area contributed by atoms with Crippen LogP contribution in [0.25, 0.3) is 0 Å². The Morgan fingerprint density at radius 1 is 1.15 bits per heavy atom. The lowest BCUT2D eigenvalue weighted by atomic mass is 9.58. The molecule has 1 aromatic heterocycles. The molecule has 0 bridgehead atoms. The number of nitrogens with one attached hydrogen (secondary N) is 4. The van der Waals surface area contributed by atoms with E-state index in [-0.39, 0.29) is 29.8 Å². The van der Waals surface area contributed by atoms with Crippen LogP contribution in [0.1, 0.15) is 37.3 Å². The molecule has 0 spiro atoms. The summed E-state index contributed by atoms with van der Waals surface area (Å²) in [6.07, 6.45) is 6.54. The van der Waals surface area contributed by atoms with Crippen LogP contribution in [-0.2, 0) is 4.79 Å². The molecule has 8 atom stereocenters. The molecule has 6 N–H and O–H groups in total. The Kier molecular flexibility index (Phi) is 4.63. The van der Waals surface area contributed by atoms with Crippen molar-refractivity contribution in [1.29, 1.82) is 0 Å². The zero-order valence-electron chi connectivity index (χ0n) is 15.6. The van der Waals surface area contributed by atoms with Crippen LogP contribution in [0.15, 0.2) is 24.4 Å². The maximum absolute atomic E-state index is 12.8. The summed E-state index contributed by atoms with van der Waals surface area (Å²) in [5, 5.41) is 6.50. The van der Waals surface area contributed by atoms with Gasteiger partial charge in [-0.3, -0.25) is 25.9 Å². The number of aromatic nitrogens is 1. The van der Waals surface area contributed by atoms with E-state index in [1.165, 1.54) is 19.3 Å². The first-order chi connectivity index (χ1) is 13.2. The summed E-state index contributed by atoms with van der Waals surface area (Å²) in [4.78, 5) is 17.4. The second-order valence-corrected chi connectivity index (χ2v) is 8.70. The van der Waals surface area contributed by atoms with Crippen molar-refractivity contribution in [1.82, 2.24) is 26.5 Å². The predicted molar refractivity (Wildman–Crippen MR) is 102 cm³/mol. The number of fused-ring (bicyclic) bond motifs is 2. The van der Waals surface area contributed by atoms with Crippen molar-refractivity contribution in [2.45, 2.75) is 49.7 Å². The molecule has 4 aliphatic rings. The molecule has 3 heterocycles. The molecule has 4 fully saturated rings. The third-order valence-electron chi connectivity index (χ3n) is 7.52. The van der Waals surface area contributed by atoms with E-state index in [2.05, 4.69) is 32.5 Å². The van der Waals surface area contributed by atoms with E-state index in [9.17, 15) is 4.79 Å². The fourth-order valence-corrected chi connectivity index (χ4v) is 6.31. The third kappa shape index (κ3) is 2.97. The van der Waals surface area contributed by atoms with E-state index in [1.54, 1.807) is 0 Å². The monoisotopic (exact) mass is 370 g/mol. The Bertz CT molecular complexity index is 684. The number of nitrogens with two attached hydrogens (primary N) is 1. The molecule has 8 unspecified atom stereocenters. The third-order valence-corrected chi connectivity index (χ3v) is 7.52. The van der Waals surface area contributed by atoms with Crippen molar-refractivity contribution in [3.05, 3.63) is 30.1 Å². The average molecular weight is 371 g/mol. The SMILES string of the molecule is NC1C(C2CCCC3NNCC32)CC(c2ccccn2)C2NCNC(=O)C12. The van der Waals surface area contributed by atoms with Gasteiger partial charge in [0.2, 0.25) is 5.91 Å². The van der Waals surface area contributed by atoms with Crippen LogP contribution >= 0.6 is 0 Å². The fraction of sp³-hybridized carbons (Fsp3) is 0.700. The maximum atomic E-state index is 12.8. The van der Waals surface area contributed by atoms with Crippen molar-refractivity contribution in [3.8, 4) is 0 Å². The minimum Gasteiger partial charge on any atom is -0.343 e. The van der Waals surface area contributed by atoms with Gasteiger partial charge in [-0.15, -0.1) is 0 Å². The average Bonchev–Trinajstić information content (AvgIpc) is 3.18. The van der Waals surface area contributed by atoms with Gasteiger partial charge < -0.3 is 11.1 Å². The standard InChI is InChI=1S/C20H30N6O/c21-18-12(11-4-3-6-16-14(11)9-25-26-16)8-13(15-5-1-2-7-22-15)19-17(18)20(27)24-10-23-19/h1-2,5,7,11-14,16-19,23,25-26H,3-4,6,8-10,21H2,(H,24,27). The molecular formula is C20H30N6O. The van der Waals surface area contributed by atoms with E-state index in [1.807, 2.05) is 18.3 Å². The summed E-state index contributed by atoms with van der Waals surface area (Å²) in [5.41, 5.74) is 14.7. The quantitative estimate of drug-likeness (QED) is 0.505. The largest absolute Gasteiger partial charge is 0.343 e. The minimum atomic E-state index is -0.188. The lowest BCUT2D eigenvalue weighted by Gasteiger charge is -2.51. The molecule has 5 rings (SSSR count). The van der Waals surface area contributed by atoms with E-state index in [0.717, 1.165) is 18.7 Å². The first-order valence-corrected chi connectivity index (χ1v) is 10.4. The maximum Gasteiger partial charge on any atom is 0.227 e. The number of rotatable bonds is 2. The molecule has 2 aliphatic carbocycles. The van der Waals surface area contributed by atoms with Crippen LogP contribution < -0.4 is 27.2 Å². The second kappa shape index (κ2) is 7.13. The van der Waals surface area contributed by atoms with Gasteiger partial charge in [-0.2, -0.15) is 0 Å². The molecule has 2 aliphatic heterocycles. The molecule has 27 heavy (non-hydrogen) atoms. The van der Waals surface area contributed by atoms with E-state index in [4.69, 9.17) is 5.73 Å². The van der Waals surface area contributed by atoms with Crippen molar-refractivity contribution < 1.29 is 4.79 Å². The number of carbonyl (C=O) groups excluding carboxylic acids is 1. The van der Waals surface area contributed by atoms with Crippen molar-refractivity contribution >= 4 is 5.91 Å². The van der Waals surface area contributed by atoms with Gasteiger partial charge in [-0.05, 0) is 49.1 Å². The molecule has 2 saturated carbocycles. The summed E-state index contributed by atoms with van der Waals surface area (Å²) in [5.74, 6) is 1.66. The van der Waals surface area contributed by atoms with E-state index in [0.29, 0.717) is 30.5 Å². The smallest absolute Gasteiger partial charge is 0.227 e. The molecule has 1 aromatic rings. The second-order valence-electron chi connectivity index (χ2n) is 8.70. The molecular weight excluding hydrogens is 340 g/mol. The molecule has 7 heteroatoms. The van der Waals surface area contributed by atoms with Gasteiger partial charge in [0.15, 0.2) is 0 Å². The molecule has 146 valence electrons. The molecule has 2 saturated heterocycles. The van der Waals surface area contributed by atoms with Crippen molar-refractivity contribution in [2.24, 2.45) is 29.4 Å². The van der Waals surface area contributed by atoms with E-state index >= 15 is 0 Å². The Morgan fingerprint density at radius 2 is 2.07 bits per heavy atom. The highest BCUT2D eigenvalue weighted by molar-refractivity contribution is 5.81. The zero-order valence-corrected chi connectivity index (χ0v) is 15.6. The summed E-state index contributed by atoms with van der Waals surface area (Å²) < 4.78 is 0. The topological polar surface area (TPSA) is 104 Å². The predicted octanol–water partition coefficient (Wildman–Crippen LogP) is 0.0668. The first-order valence-electron chi connectivity index (χ1n) is 10.4. The number of nitrogens with zero attached hydrogens (tertiary/aromatic N) is 1. The first kappa shape index (κ1) is 17.6. The molecule has 0 aromatic carbocycles. The summed E-state index contributed by atoms with van der Waals surface area (Å²) in [6.45, 7) is 1.52. The van der Waals surface area contributed by atoms with Crippen molar-refractivity contribution in [2.75, 3.05) is 13.2 Å². The fourth-order valence-electron chi connectivity index (χ4n) is 6.31. The Hall–Kier alpha value is -1.54. The Labute approximate surface area is 160 Å². The highest BCUT2D eigenvalue weighted by atomic mass is 16.2. The van der Waals surface area contributed by atoms with Gasteiger partial charge in [-0.25, -0.2) is 0 Å². The summed E-state index contributed by atoms with van der Waals surface area (Å²) >= 11 is 0. The van der Waals surface area contributed by atoms with Crippen LogP contribution in [0.4, 0.5) is 0 Å². The number of hydrogen-bond donors (Lipinski definition) is 5. The number of hydrogen-bond acceptors (Lipinski definition) is 6. The molecule has 1 amide bonds. The number of hydrazine groups is 1.